The van der Waals surface area contributed by atoms with Crippen molar-refractivity contribution in [2.24, 2.45) is 0 Å². The SMILES string of the molecule is O=C1NCCCCC1Oc1ccc(Cl)cc1. The van der Waals surface area contributed by atoms with Gasteiger partial charge in [0.05, 0.1) is 0 Å². The number of carbonyl (C=O) groups is 1. The molecule has 0 aromatic heterocycles. The lowest BCUT2D eigenvalue weighted by atomic mass is 10.2. The number of carbonyl (C=O) groups excluding carboxylic acids is 1. The van der Waals surface area contributed by atoms with Gasteiger partial charge in [0.1, 0.15) is 5.75 Å². The van der Waals surface area contributed by atoms with Crippen LogP contribution in [0.15, 0.2) is 24.3 Å². The van der Waals surface area contributed by atoms with Crippen molar-refractivity contribution in [1.82, 2.24) is 5.32 Å². The van der Waals surface area contributed by atoms with Crippen LogP contribution in [0.2, 0.25) is 5.02 Å². The molecule has 1 fully saturated rings. The van der Waals surface area contributed by atoms with Crippen LogP contribution in [0.5, 0.6) is 5.75 Å². The largest absolute Gasteiger partial charge is 0.481 e. The Kier molecular flexibility index (Phi) is 3.67. The Morgan fingerprint density at radius 2 is 2.00 bits per heavy atom. The Bertz CT molecular complexity index is 364. The lowest BCUT2D eigenvalue weighted by Gasteiger charge is -2.15. The van der Waals surface area contributed by atoms with E-state index >= 15 is 0 Å². The van der Waals surface area contributed by atoms with Crippen molar-refractivity contribution in [3.8, 4) is 5.75 Å². The summed E-state index contributed by atoms with van der Waals surface area (Å²) < 4.78 is 5.63. The molecule has 1 N–H and O–H groups in total. The first-order chi connectivity index (χ1) is 7.75. The first-order valence-corrected chi connectivity index (χ1v) is 5.83. The highest BCUT2D eigenvalue weighted by atomic mass is 35.5. The van der Waals surface area contributed by atoms with Crippen LogP contribution in [0.1, 0.15) is 19.3 Å². The Morgan fingerprint density at radius 3 is 2.75 bits per heavy atom. The normalized spacial score (nSPS) is 21.1. The van der Waals surface area contributed by atoms with E-state index in [0.717, 1.165) is 25.8 Å². The number of rotatable bonds is 2. The highest BCUT2D eigenvalue weighted by molar-refractivity contribution is 6.30. The van der Waals surface area contributed by atoms with E-state index in [2.05, 4.69) is 5.32 Å². The van der Waals surface area contributed by atoms with Gasteiger partial charge < -0.3 is 10.1 Å². The molecule has 1 aromatic carbocycles. The predicted molar refractivity (Wildman–Crippen MR) is 62.7 cm³/mol. The fraction of sp³-hybridized carbons (Fsp3) is 0.417. The molecule has 3 nitrogen and oxygen atoms in total. The lowest BCUT2D eigenvalue weighted by molar-refractivity contribution is -0.127. The van der Waals surface area contributed by atoms with Gasteiger partial charge in [0.2, 0.25) is 0 Å². The van der Waals surface area contributed by atoms with E-state index < -0.39 is 0 Å². The van der Waals surface area contributed by atoms with Crippen molar-refractivity contribution < 1.29 is 9.53 Å². The zero-order chi connectivity index (χ0) is 11.4. The van der Waals surface area contributed by atoms with Gasteiger partial charge in [-0.3, -0.25) is 4.79 Å². The second-order valence-electron chi connectivity index (χ2n) is 3.85. The Balaban J connectivity index is 2.02. The second kappa shape index (κ2) is 5.21. The molecule has 0 saturated carbocycles. The summed E-state index contributed by atoms with van der Waals surface area (Å²) in [5.41, 5.74) is 0. The molecule has 1 aliphatic heterocycles. The summed E-state index contributed by atoms with van der Waals surface area (Å²) >= 11 is 5.77. The molecule has 0 radical (unpaired) electrons. The van der Waals surface area contributed by atoms with Crippen molar-refractivity contribution >= 4 is 17.5 Å². The highest BCUT2D eigenvalue weighted by Gasteiger charge is 2.21. The molecule has 1 unspecified atom stereocenters. The first-order valence-electron chi connectivity index (χ1n) is 5.45. The van der Waals surface area contributed by atoms with Crippen LogP contribution in [-0.2, 0) is 4.79 Å². The fourth-order valence-electron chi connectivity index (χ4n) is 1.70. The molecule has 1 heterocycles. The molecule has 1 saturated heterocycles. The van der Waals surface area contributed by atoms with Crippen molar-refractivity contribution in [3.63, 3.8) is 0 Å². The third-order valence-electron chi connectivity index (χ3n) is 2.58. The molecule has 0 bridgehead atoms. The van der Waals surface area contributed by atoms with Crippen LogP contribution in [0.25, 0.3) is 0 Å². The molecule has 1 aliphatic rings. The Hall–Kier alpha value is -1.22. The quantitative estimate of drug-likeness (QED) is 0.861. The van der Waals surface area contributed by atoms with E-state index in [1.54, 1.807) is 24.3 Å². The minimum Gasteiger partial charge on any atom is -0.481 e. The summed E-state index contributed by atoms with van der Waals surface area (Å²) in [4.78, 5) is 11.6. The standard InChI is InChI=1S/C12H14ClNO2/c13-9-4-6-10(7-5-9)16-11-3-1-2-8-14-12(11)15/h4-7,11H,1-3,8H2,(H,14,15). The van der Waals surface area contributed by atoms with E-state index in [9.17, 15) is 4.79 Å². The molecule has 1 aromatic rings. The lowest BCUT2D eigenvalue weighted by Crippen LogP contribution is -2.36. The first kappa shape index (κ1) is 11.3. The molecule has 16 heavy (non-hydrogen) atoms. The Labute approximate surface area is 99.7 Å². The summed E-state index contributed by atoms with van der Waals surface area (Å²) in [5, 5.41) is 3.50. The molecule has 2 rings (SSSR count). The summed E-state index contributed by atoms with van der Waals surface area (Å²) in [6, 6.07) is 7.07. The monoisotopic (exact) mass is 239 g/mol. The van der Waals surface area contributed by atoms with Crippen LogP contribution in [0, 0.1) is 0 Å². The van der Waals surface area contributed by atoms with Gasteiger partial charge in [0, 0.05) is 11.6 Å². The maximum absolute atomic E-state index is 11.6. The van der Waals surface area contributed by atoms with Crippen molar-refractivity contribution in [1.29, 1.82) is 0 Å². The molecular formula is C12H14ClNO2. The molecule has 1 atom stereocenters. The summed E-state index contributed by atoms with van der Waals surface area (Å²) in [7, 11) is 0. The number of benzene rings is 1. The van der Waals surface area contributed by atoms with E-state index in [0.29, 0.717) is 10.8 Å². The molecule has 0 spiro atoms. The number of hydrogen-bond acceptors (Lipinski definition) is 2. The van der Waals surface area contributed by atoms with Gasteiger partial charge >= 0.3 is 0 Å². The molecular weight excluding hydrogens is 226 g/mol. The van der Waals surface area contributed by atoms with Crippen LogP contribution < -0.4 is 10.1 Å². The number of ether oxygens (including phenoxy) is 1. The summed E-state index contributed by atoms with van der Waals surface area (Å²) in [5.74, 6) is 0.666. The van der Waals surface area contributed by atoms with Gasteiger partial charge in [-0.1, -0.05) is 11.6 Å². The molecule has 0 aliphatic carbocycles. The summed E-state index contributed by atoms with van der Waals surface area (Å²) in [6.45, 7) is 0.749. The maximum Gasteiger partial charge on any atom is 0.261 e. The number of nitrogens with one attached hydrogen (secondary N) is 1. The van der Waals surface area contributed by atoms with E-state index in [1.807, 2.05) is 0 Å². The number of amides is 1. The van der Waals surface area contributed by atoms with Crippen LogP contribution in [0.4, 0.5) is 0 Å². The number of hydrogen-bond donors (Lipinski definition) is 1. The Morgan fingerprint density at radius 1 is 1.25 bits per heavy atom. The smallest absolute Gasteiger partial charge is 0.261 e. The van der Waals surface area contributed by atoms with Gasteiger partial charge in [-0.25, -0.2) is 0 Å². The molecule has 86 valence electrons. The van der Waals surface area contributed by atoms with Gasteiger partial charge in [0.25, 0.3) is 5.91 Å². The molecule has 1 amide bonds. The van der Waals surface area contributed by atoms with E-state index in [1.165, 1.54) is 0 Å². The second-order valence-corrected chi connectivity index (χ2v) is 4.28. The summed E-state index contributed by atoms with van der Waals surface area (Å²) in [6.07, 6.45) is 2.43. The zero-order valence-corrected chi connectivity index (χ0v) is 9.67. The van der Waals surface area contributed by atoms with Gasteiger partial charge in [-0.05, 0) is 43.5 Å². The molecule has 4 heteroatoms. The number of halogens is 1. The third kappa shape index (κ3) is 2.89. The van der Waals surface area contributed by atoms with E-state index in [-0.39, 0.29) is 12.0 Å². The van der Waals surface area contributed by atoms with Crippen molar-refractivity contribution in [2.75, 3.05) is 6.54 Å². The topological polar surface area (TPSA) is 38.3 Å². The van der Waals surface area contributed by atoms with Crippen molar-refractivity contribution in [2.45, 2.75) is 25.4 Å². The van der Waals surface area contributed by atoms with Gasteiger partial charge in [0.15, 0.2) is 6.10 Å². The third-order valence-corrected chi connectivity index (χ3v) is 2.83. The minimum atomic E-state index is -0.372. The average molecular weight is 240 g/mol. The van der Waals surface area contributed by atoms with Crippen LogP contribution >= 0.6 is 11.6 Å². The van der Waals surface area contributed by atoms with Crippen molar-refractivity contribution in [3.05, 3.63) is 29.3 Å². The highest BCUT2D eigenvalue weighted by Crippen LogP contribution is 2.19. The fourth-order valence-corrected chi connectivity index (χ4v) is 1.83. The predicted octanol–water partition coefficient (Wildman–Crippen LogP) is 2.39. The van der Waals surface area contributed by atoms with Crippen LogP contribution in [0.3, 0.4) is 0 Å². The van der Waals surface area contributed by atoms with Crippen LogP contribution in [-0.4, -0.2) is 18.6 Å². The van der Waals surface area contributed by atoms with E-state index in [4.69, 9.17) is 16.3 Å². The van der Waals surface area contributed by atoms with Gasteiger partial charge in [-0.15, -0.1) is 0 Å². The average Bonchev–Trinajstić information content (AvgIpc) is 2.48. The zero-order valence-electron chi connectivity index (χ0n) is 8.91. The van der Waals surface area contributed by atoms with Gasteiger partial charge in [-0.2, -0.15) is 0 Å². The maximum atomic E-state index is 11.6. The minimum absolute atomic E-state index is 0.0209.